The van der Waals surface area contributed by atoms with Gasteiger partial charge in [0.05, 0.1) is 11.9 Å². The molecule has 0 saturated heterocycles. The largest absolute Gasteiger partial charge is 0.454 e. The fraction of sp³-hybridized carbons (Fsp3) is 0.125. The molecule has 0 N–H and O–H groups in total. The lowest BCUT2D eigenvalue weighted by Crippen LogP contribution is -2.08. The van der Waals surface area contributed by atoms with Crippen LogP contribution in [0.5, 0.6) is 0 Å². The molecule has 0 fully saturated rings. The Morgan fingerprint density at radius 3 is 2.73 bits per heavy atom. The van der Waals surface area contributed by atoms with Crippen molar-refractivity contribution in [1.29, 1.82) is 0 Å². The predicted octanol–water partition coefficient (Wildman–Crippen LogP) is 2.80. The summed E-state index contributed by atoms with van der Waals surface area (Å²) in [7, 11) is 0. The Morgan fingerprint density at radius 2 is 2.00 bits per heavy atom. The number of benzene rings is 1. The van der Waals surface area contributed by atoms with Gasteiger partial charge in [0.25, 0.3) is 0 Å². The first-order valence-corrected chi connectivity index (χ1v) is 6.68. The molecule has 3 rings (SSSR count). The number of esters is 1. The highest BCUT2D eigenvalue weighted by molar-refractivity contribution is 5.86. The van der Waals surface area contributed by atoms with Gasteiger partial charge in [-0.15, -0.1) is 0 Å². The fourth-order valence-corrected chi connectivity index (χ4v) is 1.80. The molecule has 0 atom stereocenters. The van der Waals surface area contributed by atoms with Crippen LogP contribution < -0.4 is 0 Å². The zero-order valence-electron chi connectivity index (χ0n) is 11.9. The summed E-state index contributed by atoms with van der Waals surface area (Å²) >= 11 is 0. The summed E-state index contributed by atoms with van der Waals surface area (Å²) in [5, 5.41) is 0. The van der Waals surface area contributed by atoms with Gasteiger partial charge in [0, 0.05) is 11.8 Å². The summed E-state index contributed by atoms with van der Waals surface area (Å²) in [6, 6.07) is 9.50. The van der Waals surface area contributed by atoms with Gasteiger partial charge in [-0.05, 0) is 19.1 Å². The molecule has 0 saturated carbocycles. The average Bonchev–Trinajstić information content (AvgIpc) is 3.03. The van der Waals surface area contributed by atoms with Gasteiger partial charge in [0.2, 0.25) is 5.89 Å². The van der Waals surface area contributed by atoms with Crippen LogP contribution in [-0.4, -0.2) is 20.9 Å². The van der Waals surface area contributed by atoms with Gasteiger partial charge in [0.1, 0.15) is 18.6 Å². The first-order chi connectivity index (χ1) is 10.7. The molecule has 110 valence electrons. The molecular formula is C16H13N3O3. The van der Waals surface area contributed by atoms with Crippen molar-refractivity contribution < 1.29 is 13.9 Å². The van der Waals surface area contributed by atoms with E-state index in [9.17, 15) is 4.79 Å². The van der Waals surface area contributed by atoms with Gasteiger partial charge < -0.3 is 9.15 Å². The molecule has 0 spiro atoms. The normalized spacial score (nSPS) is 10.4. The highest BCUT2D eigenvalue weighted by Gasteiger charge is 2.12. The number of ether oxygens (including phenoxy) is 1. The van der Waals surface area contributed by atoms with Crippen LogP contribution in [0.2, 0.25) is 0 Å². The van der Waals surface area contributed by atoms with Gasteiger partial charge in [-0.2, -0.15) is 0 Å². The van der Waals surface area contributed by atoms with Crippen molar-refractivity contribution in [2.24, 2.45) is 0 Å². The molecule has 2 heterocycles. The zero-order valence-corrected chi connectivity index (χ0v) is 11.9. The minimum Gasteiger partial charge on any atom is -0.454 e. The van der Waals surface area contributed by atoms with Gasteiger partial charge in [-0.3, -0.25) is 4.98 Å². The molecule has 0 unspecified atom stereocenters. The minimum absolute atomic E-state index is 0.0186. The molecule has 1 aromatic carbocycles. The Labute approximate surface area is 126 Å². The second-order valence-corrected chi connectivity index (χ2v) is 4.63. The summed E-state index contributed by atoms with van der Waals surface area (Å²) in [5.74, 6) is -0.0569. The minimum atomic E-state index is -0.545. The third-order valence-corrected chi connectivity index (χ3v) is 2.91. The van der Waals surface area contributed by atoms with Crippen LogP contribution in [0.3, 0.4) is 0 Å². The quantitative estimate of drug-likeness (QED) is 0.689. The molecule has 6 heteroatoms. The summed E-state index contributed by atoms with van der Waals surface area (Å²) < 4.78 is 10.5. The number of carbonyl (C=O) groups is 1. The Kier molecular flexibility index (Phi) is 3.91. The number of oxazole rings is 1. The van der Waals surface area contributed by atoms with Crippen molar-refractivity contribution in [2.45, 2.75) is 13.5 Å². The van der Waals surface area contributed by atoms with E-state index in [0.29, 0.717) is 11.6 Å². The highest BCUT2D eigenvalue weighted by atomic mass is 16.5. The Morgan fingerprint density at radius 1 is 1.18 bits per heavy atom. The SMILES string of the molecule is Cc1cnc(C(=O)OCc2coc(-c3ccccc3)n2)cn1. The molecule has 3 aromatic rings. The second kappa shape index (κ2) is 6.17. The number of nitrogens with zero attached hydrogens (tertiary/aromatic N) is 3. The van der Waals surface area contributed by atoms with Gasteiger partial charge >= 0.3 is 5.97 Å². The third-order valence-electron chi connectivity index (χ3n) is 2.91. The molecule has 0 bridgehead atoms. The maximum absolute atomic E-state index is 11.8. The number of carbonyl (C=O) groups excluding carboxylic acids is 1. The van der Waals surface area contributed by atoms with Crippen molar-refractivity contribution in [2.75, 3.05) is 0 Å². The molecular weight excluding hydrogens is 282 g/mol. The summed E-state index contributed by atoms with van der Waals surface area (Å²) in [4.78, 5) is 24.1. The highest BCUT2D eigenvalue weighted by Crippen LogP contribution is 2.18. The maximum atomic E-state index is 11.8. The number of aromatic nitrogens is 3. The predicted molar refractivity (Wildman–Crippen MR) is 77.8 cm³/mol. The van der Waals surface area contributed by atoms with Crippen molar-refractivity contribution in [3.63, 3.8) is 0 Å². The molecule has 0 amide bonds. The third kappa shape index (κ3) is 3.17. The van der Waals surface area contributed by atoms with E-state index in [0.717, 1.165) is 11.3 Å². The first-order valence-electron chi connectivity index (χ1n) is 6.68. The van der Waals surface area contributed by atoms with Crippen LogP contribution in [0.15, 0.2) is 53.4 Å². The van der Waals surface area contributed by atoms with E-state index < -0.39 is 5.97 Å². The Bertz CT molecular complexity index is 767. The standard InChI is InChI=1S/C16H13N3O3/c1-11-7-18-14(8-17-11)16(20)22-10-13-9-21-15(19-13)12-5-3-2-4-6-12/h2-9H,10H2,1H3. The zero-order chi connectivity index (χ0) is 15.4. The molecule has 0 aliphatic carbocycles. The van der Waals surface area contributed by atoms with Gasteiger partial charge in [-0.25, -0.2) is 14.8 Å². The van der Waals surface area contributed by atoms with Crippen LogP contribution in [0.1, 0.15) is 21.9 Å². The second-order valence-electron chi connectivity index (χ2n) is 4.63. The molecule has 6 nitrogen and oxygen atoms in total. The van der Waals surface area contributed by atoms with Crippen LogP contribution in [0.25, 0.3) is 11.5 Å². The van der Waals surface area contributed by atoms with Crippen molar-refractivity contribution in [3.8, 4) is 11.5 Å². The van der Waals surface area contributed by atoms with Crippen molar-refractivity contribution >= 4 is 5.97 Å². The molecule has 0 aliphatic heterocycles. The average molecular weight is 295 g/mol. The van der Waals surface area contributed by atoms with E-state index in [1.807, 2.05) is 30.3 Å². The maximum Gasteiger partial charge on any atom is 0.358 e. The lowest BCUT2D eigenvalue weighted by molar-refractivity contribution is 0.0460. The smallest absolute Gasteiger partial charge is 0.358 e. The summed E-state index contributed by atoms with van der Waals surface area (Å²) in [6.07, 6.45) is 4.37. The van der Waals surface area contributed by atoms with E-state index in [1.165, 1.54) is 18.7 Å². The van der Waals surface area contributed by atoms with Gasteiger partial charge in [0.15, 0.2) is 5.69 Å². The fourth-order valence-electron chi connectivity index (χ4n) is 1.80. The monoisotopic (exact) mass is 295 g/mol. The van der Waals surface area contributed by atoms with Crippen LogP contribution in [0, 0.1) is 6.92 Å². The van der Waals surface area contributed by atoms with Crippen LogP contribution in [0.4, 0.5) is 0 Å². The first kappa shape index (κ1) is 13.9. The van der Waals surface area contributed by atoms with E-state index in [4.69, 9.17) is 9.15 Å². The van der Waals surface area contributed by atoms with Crippen LogP contribution >= 0.6 is 0 Å². The van der Waals surface area contributed by atoms with E-state index in [-0.39, 0.29) is 12.3 Å². The summed E-state index contributed by atoms with van der Waals surface area (Å²) in [6.45, 7) is 1.81. The molecule has 0 aliphatic rings. The van der Waals surface area contributed by atoms with Crippen molar-refractivity contribution in [3.05, 3.63) is 66.1 Å². The Balaban J connectivity index is 1.64. The lowest BCUT2D eigenvalue weighted by Gasteiger charge is -2.01. The van der Waals surface area contributed by atoms with Crippen molar-refractivity contribution in [1.82, 2.24) is 15.0 Å². The number of hydrogen-bond donors (Lipinski definition) is 0. The van der Waals surface area contributed by atoms with E-state index in [2.05, 4.69) is 15.0 Å². The molecule has 22 heavy (non-hydrogen) atoms. The number of hydrogen-bond acceptors (Lipinski definition) is 6. The lowest BCUT2D eigenvalue weighted by atomic mass is 10.2. The number of rotatable bonds is 4. The Hall–Kier alpha value is -3.02. The topological polar surface area (TPSA) is 78.1 Å². The van der Waals surface area contributed by atoms with E-state index in [1.54, 1.807) is 6.92 Å². The van der Waals surface area contributed by atoms with Gasteiger partial charge in [-0.1, -0.05) is 18.2 Å². The molecule has 2 aromatic heterocycles. The molecule has 0 radical (unpaired) electrons. The van der Waals surface area contributed by atoms with E-state index >= 15 is 0 Å². The summed E-state index contributed by atoms with van der Waals surface area (Å²) in [5.41, 5.74) is 2.30. The van der Waals surface area contributed by atoms with Crippen LogP contribution in [-0.2, 0) is 11.3 Å². The number of aryl methyl sites for hydroxylation is 1.